The van der Waals surface area contributed by atoms with E-state index in [0.717, 1.165) is 6.16 Å². The van der Waals surface area contributed by atoms with E-state index in [-0.39, 0.29) is 0 Å². The molecule has 0 saturated carbocycles. The molecule has 0 saturated heterocycles. The first-order chi connectivity index (χ1) is 12.0. The van der Waals surface area contributed by atoms with Gasteiger partial charge in [0.2, 0.25) is 0 Å². The van der Waals surface area contributed by atoms with Crippen LogP contribution in [0.1, 0.15) is 6.42 Å². The van der Waals surface area contributed by atoms with Crippen molar-refractivity contribution in [3.8, 4) is 0 Å². The molecule has 0 heterocycles. The van der Waals surface area contributed by atoms with Gasteiger partial charge in [0.15, 0.2) is 0 Å². The van der Waals surface area contributed by atoms with Crippen molar-refractivity contribution in [3.05, 3.63) is 91.0 Å². The van der Waals surface area contributed by atoms with E-state index in [1.165, 1.54) is 15.9 Å². The maximum atomic E-state index is 6.15. The van der Waals surface area contributed by atoms with E-state index in [1.807, 2.05) is 18.2 Å². The van der Waals surface area contributed by atoms with E-state index in [9.17, 15) is 0 Å². The first-order valence-electron chi connectivity index (χ1n) is 8.26. The average Bonchev–Trinajstić information content (AvgIpc) is 2.64. The summed E-state index contributed by atoms with van der Waals surface area (Å²) in [6.45, 7) is 0. The van der Waals surface area contributed by atoms with Crippen molar-refractivity contribution in [2.24, 2.45) is 0 Å². The fraction of sp³-hybridized carbons (Fsp3) is 0.143. The van der Waals surface area contributed by atoms with Crippen molar-refractivity contribution in [3.63, 3.8) is 0 Å². The summed E-state index contributed by atoms with van der Waals surface area (Å²) in [5, 5.41) is 4.00. The molecule has 3 rings (SSSR count). The number of rotatable bonds is 5. The molecule has 0 radical (unpaired) electrons. The molecule has 25 heavy (non-hydrogen) atoms. The molecule has 130 valence electrons. The van der Waals surface area contributed by atoms with Crippen LogP contribution in [0, 0.1) is 0 Å². The summed E-state index contributed by atoms with van der Waals surface area (Å²) >= 11 is 18.5. The number of alkyl halides is 3. The van der Waals surface area contributed by atoms with E-state index in [4.69, 9.17) is 34.8 Å². The maximum absolute atomic E-state index is 6.15. The van der Waals surface area contributed by atoms with E-state index in [2.05, 4.69) is 72.8 Å². The van der Waals surface area contributed by atoms with Crippen molar-refractivity contribution in [2.45, 2.75) is 10.2 Å². The molecule has 0 aliphatic carbocycles. The molecule has 0 aliphatic heterocycles. The zero-order chi connectivity index (χ0) is 17.8. The molecule has 0 atom stereocenters. The Bertz CT molecular complexity index is 687. The number of hydrogen-bond donors (Lipinski definition) is 0. The van der Waals surface area contributed by atoms with Crippen LogP contribution in [0.4, 0.5) is 0 Å². The molecule has 0 amide bonds. The van der Waals surface area contributed by atoms with Crippen LogP contribution in [0.3, 0.4) is 0 Å². The Kier molecular flexibility index (Phi) is 6.08. The Hall–Kier alpha value is -1.04. The third kappa shape index (κ3) is 4.39. The summed E-state index contributed by atoms with van der Waals surface area (Å²) in [4.78, 5) is 0. The van der Waals surface area contributed by atoms with Crippen LogP contribution < -0.4 is 15.9 Å². The number of halogens is 3. The summed E-state index contributed by atoms with van der Waals surface area (Å²) in [6, 6.07) is 32.0. The molecule has 4 heteroatoms. The Morgan fingerprint density at radius 1 is 0.560 bits per heavy atom. The van der Waals surface area contributed by atoms with E-state index in [1.54, 1.807) is 0 Å². The number of benzene rings is 3. The molecular formula is C21H20Cl3P. The van der Waals surface area contributed by atoms with Crippen molar-refractivity contribution < 1.29 is 0 Å². The van der Waals surface area contributed by atoms with Gasteiger partial charge in [0.1, 0.15) is 0 Å². The van der Waals surface area contributed by atoms with E-state index < -0.39 is 11.1 Å². The molecule has 0 nitrogen and oxygen atoms in total. The van der Waals surface area contributed by atoms with Gasteiger partial charge in [-0.1, -0.05) is 0 Å². The van der Waals surface area contributed by atoms with Crippen molar-refractivity contribution >= 4 is 58.0 Å². The van der Waals surface area contributed by atoms with Gasteiger partial charge in [-0.25, -0.2) is 0 Å². The molecular weight excluding hydrogens is 390 g/mol. The fourth-order valence-electron chi connectivity index (χ4n) is 3.43. The van der Waals surface area contributed by atoms with Crippen LogP contribution >= 0.6 is 42.1 Å². The Balaban J connectivity index is 2.24. The molecule has 3 aromatic rings. The van der Waals surface area contributed by atoms with Crippen LogP contribution in [-0.4, -0.2) is 9.95 Å². The van der Waals surface area contributed by atoms with E-state index in [0.29, 0.717) is 6.42 Å². The van der Waals surface area contributed by atoms with Gasteiger partial charge in [0.25, 0.3) is 0 Å². The molecule has 0 unspecified atom stereocenters. The topological polar surface area (TPSA) is 0 Å². The van der Waals surface area contributed by atoms with Crippen molar-refractivity contribution in [1.29, 1.82) is 0 Å². The second-order valence-electron chi connectivity index (χ2n) is 6.12. The second-order valence-corrected chi connectivity index (χ2v) is 12.7. The minimum atomic E-state index is -2.29. The van der Waals surface area contributed by atoms with Crippen LogP contribution in [0.15, 0.2) is 91.0 Å². The Morgan fingerprint density at radius 2 is 0.880 bits per heavy atom. The quantitative estimate of drug-likeness (QED) is 0.387. The molecule has 3 aromatic carbocycles. The molecule has 0 aromatic heterocycles. The zero-order valence-electron chi connectivity index (χ0n) is 13.7. The van der Waals surface area contributed by atoms with Crippen LogP contribution in [0.25, 0.3) is 0 Å². The summed E-state index contributed by atoms with van der Waals surface area (Å²) < 4.78 is -1.25. The van der Waals surface area contributed by atoms with Gasteiger partial charge in [0.05, 0.1) is 0 Å². The van der Waals surface area contributed by atoms with Crippen molar-refractivity contribution in [1.82, 2.24) is 0 Å². The van der Waals surface area contributed by atoms with Gasteiger partial charge < -0.3 is 0 Å². The molecule has 0 aliphatic rings. The molecule has 0 spiro atoms. The van der Waals surface area contributed by atoms with Gasteiger partial charge >= 0.3 is 165 Å². The average molecular weight is 410 g/mol. The van der Waals surface area contributed by atoms with Gasteiger partial charge in [-0.2, -0.15) is 0 Å². The Morgan fingerprint density at radius 3 is 1.16 bits per heavy atom. The third-order valence-electron chi connectivity index (χ3n) is 4.58. The van der Waals surface area contributed by atoms with Crippen molar-refractivity contribution in [2.75, 3.05) is 6.16 Å². The Labute approximate surface area is 165 Å². The van der Waals surface area contributed by atoms with Gasteiger partial charge in [-0.15, -0.1) is 0 Å². The summed E-state index contributed by atoms with van der Waals surface area (Å²) in [5.74, 6) is 0. The number of hydrogen-bond acceptors (Lipinski definition) is 0. The van der Waals surface area contributed by atoms with Crippen LogP contribution in [-0.2, 0) is 0 Å². The summed E-state index contributed by atoms with van der Waals surface area (Å²) in [7, 11) is -2.29. The minimum absolute atomic E-state index is 0.516. The van der Waals surface area contributed by atoms with Crippen LogP contribution in [0.5, 0.6) is 0 Å². The third-order valence-corrected chi connectivity index (χ3v) is 10.1. The zero-order valence-corrected chi connectivity index (χ0v) is 17.0. The normalized spacial score (nSPS) is 12.8. The molecule has 0 N–H and O–H groups in total. The van der Waals surface area contributed by atoms with Gasteiger partial charge in [-0.05, 0) is 0 Å². The monoisotopic (exact) mass is 408 g/mol. The first kappa shape index (κ1) is 18.7. The van der Waals surface area contributed by atoms with Gasteiger partial charge in [0, 0.05) is 0 Å². The summed E-state index contributed by atoms with van der Waals surface area (Å²) in [6.07, 6.45) is 1.35. The summed E-state index contributed by atoms with van der Waals surface area (Å²) in [5.41, 5.74) is 0. The predicted octanol–water partition coefficient (Wildman–Crippen LogP) is 5.47. The molecule has 0 fully saturated rings. The second kappa shape index (κ2) is 8.11. The first-order valence-corrected chi connectivity index (χ1v) is 11.6. The fourth-order valence-corrected chi connectivity index (χ4v) is 9.09. The SMILES string of the molecule is ClC(Cl)(Cl)CC[PH](c1ccccc1)(c1ccccc1)c1ccccc1. The predicted molar refractivity (Wildman–Crippen MR) is 116 cm³/mol. The van der Waals surface area contributed by atoms with Gasteiger partial charge in [-0.3, -0.25) is 0 Å². The molecule has 0 bridgehead atoms. The standard InChI is InChI=1S/C21H20Cl3P/c22-21(23,24)16-17-25(18-10-4-1-5-11-18,19-12-6-2-7-13-19)20-14-8-3-9-15-20/h1-15,25H,16-17H2. The van der Waals surface area contributed by atoms with E-state index >= 15 is 0 Å². The van der Waals surface area contributed by atoms with Crippen LogP contribution in [0.2, 0.25) is 0 Å².